The second-order valence-electron chi connectivity index (χ2n) is 4.90. The van der Waals surface area contributed by atoms with Crippen molar-refractivity contribution < 1.29 is 18.7 Å². The maximum Gasteiger partial charge on any atom is 0.341 e. The molecule has 1 aliphatic heterocycles. The van der Waals surface area contributed by atoms with Crippen molar-refractivity contribution in [1.29, 1.82) is 0 Å². The molecule has 1 aromatic carbocycles. The second kappa shape index (κ2) is 5.52. The normalized spacial score (nSPS) is 14.8. The lowest BCUT2D eigenvalue weighted by molar-refractivity contribution is -0.110. The number of hydrogen-bond donors (Lipinski definition) is 1. The number of fused-ring (bicyclic) bond motifs is 1. The fourth-order valence-electron chi connectivity index (χ4n) is 2.41. The molecule has 2 aromatic rings. The Kier molecular flexibility index (Phi) is 3.55. The zero-order chi connectivity index (χ0) is 15.7. The predicted octanol–water partition coefficient (Wildman–Crippen LogP) is 3.26. The fraction of sp³-hybridized carbons (Fsp3) is 0.176. The van der Waals surface area contributed by atoms with Gasteiger partial charge in [0.05, 0.1) is 12.2 Å². The van der Waals surface area contributed by atoms with Crippen molar-refractivity contribution in [2.24, 2.45) is 0 Å². The maximum atomic E-state index is 12.1. The number of aryl methyl sites for hydroxylation is 1. The highest BCUT2D eigenvalue weighted by Crippen LogP contribution is 2.33. The number of para-hydroxylation sites is 1. The molecule has 2 heterocycles. The Morgan fingerprint density at radius 1 is 1.36 bits per heavy atom. The van der Waals surface area contributed by atoms with E-state index in [2.05, 4.69) is 5.32 Å². The van der Waals surface area contributed by atoms with Crippen LogP contribution in [0.25, 0.3) is 11.6 Å². The van der Waals surface area contributed by atoms with Gasteiger partial charge >= 0.3 is 5.97 Å². The minimum absolute atomic E-state index is 0.187. The third-order valence-corrected chi connectivity index (χ3v) is 3.43. The zero-order valence-electron chi connectivity index (χ0n) is 12.3. The highest BCUT2D eigenvalue weighted by molar-refractivity contribution is 6.34. The van der Waals surface area contributed by atoms with Gasteiger partial charge in [0.25, 0.3) is 5.91 Å². The van der Waals surface area contributed by atoms with Crippen LogP contribution in [-0.4, -0.2) is 18.5 Å². The van der Waals surface area contributed by atoms with Crippen molar-refractivity contribution in [3.05, 3.63) is 53.0 Å². The van der Waals surface area contributed by atoms with Crippen molar-refractivity contribution in [2.45, 2.75) is 13.8 Å². The quantitative estimate of drug-likeness (QED) is 0.697. The van der Waals surface area contributed by atoms with Crippen molar-refractivity contribution >= 4 is 29.2 Å². The van der Waals surface area contributed by atoms with Crippen LogP contribution >= 0.6 is 0 Å². The number of anilines is 1. The molecule has 0 aliphatic carbocycles. The van der Waals surface area contributed by atoms with E-state index in [9.17, 15) is 9.59 Å². The van der Waals surface area contributed by atoms with Gasteiger partial charge in [-0.25, -0.2) is 4.79 Å². The summed E-state index contributed by atoms with van der Waals surface area (Å²) in [7, 11) is 0. The summed E-state index contributed by atoms with van der Waals surface area (Å²) in [5, 5.41) is 2.79. The van der Waals surface area contributed by atoms with Crippen molar-refractivity contribution in [1.82, 2.24) is 0 Å². The van der Waals surface area contributed by atoms with E-state index in [-0.39, 0.29) is 5.91 Å². The van der Waals surface area contributed by atoms with E-state index in [4.69, 9.17) is 9.15 Å². The lowest BCUT2D eigenvalue weighted by Crippen LogP contribution is -2.04. The summed E-state index contributed by atoms with van der Waals surface area (Å²) >= 11 is 0. The number of rotatable bonds is 3. The van der Waals surface area contributed by atoms with E-state index < -0.39 is 5.97 Å². The van der Waals surface area contributed by atoms with E-state index in [1.165, 1.54) is 0 Å². The molecule has 0 unspecified atom stereocenters. The van der Waals surface area contributed by atoms with Gasteiger partial charge in [0.15, 0.2) is 0 Å². The third kappa shape index (κ3) is 2.41. The molecular formula is C17H15NO4. The number of benzene rings is 1. The van der Waals surface area contributed by atoms with Gasteiger partial charge in [-0.05, 0) is 32.1 Å². The van der Waals surface area contributed by atoms with Crippen LogP contribution in [0.5, 0.6) is 0 Å². The number of hydrogen-bond acceptors (Lipinski definition) is 4. The molecule has 0 saturated carbocycles. The summed E-state index contributed by atoms with van der Waals surface area (Å²) in [5.41, 5.74) is 2.48. The minimum atomic E-state index is -0.426. The maximum absolute atomic E-state index is 12.1. The van der Waals surface area contributed by atoms with Gasteiger partial charge in [-0.15, -0.1) is 0 Å². The Hall–Kier alpha value is -2.82. The van der Waals surface area contributed by atoms with Gasteiger partial charge < -0.3 is 14.5 Å². The molecule has 22 heavy (non-hydrogen) atoms. The topological polar surface area (TPSA) is 68.5 Å². The number of carbonyl (C=O) groups is 2. The molecule has 1 aromatic heterocycles. The van der Waals surface area contributed by atoms with E-state index in [0.29, 0.717) is 29.3 Å². The van der Waals surface area contributed by atoms with E-state index in [0.717, 1.165) is 11.3 Å². The first-order valence-electron chi connectivity index (χ1n) is 7.00. The van der Waals surface area contributed by atoms with E-state index in [1.807, 2.05) is 24.3 Å². The third-order valence-electron chi connectivity index (χ3n) is 3.43. The first kappa shape index (κ1) is 14.1. The summed E-state index contributed by atoms with van der Waals surface area (Å²) in [6.45, 7) is 3.74. The van der Waals surface area contributed by atoms with Gasteiger partial charge in [0.2, 0.25) is 0 Å². The molecule has 0 fully saturated rings. The van der Waals surface area contributed by atoms with Crippen LogP contribution in [0.2, 0.25) is 0 Å². The van der Waals surface area contributed by atoms with Crippen LogP contribution in [-0.2, 0) is 9.53 Å². The molecule has 1 N–H and O–H groups in total. The molecule has 1 amide bonds. The molecule has 0 saturated heterocycles. The lowest BCUT2D eigenvalue weighted by Gasteiger charge is -1.97. The van der Waals surface area contributed by atoms with Crippen LogP contribution in [0.4, 0.5) is 5.69 Å². The van der Waals surface area contributed by atoms with E-state index >= 15 is 0 Å². The van der Waals surface area contributed by atoms with Crippen molar-refractivity contribution in [3.63, 3.8) is 0 Å². The number of ether oxygens (including phenoxy) is 1. The average Bonchev–Trinajstić information content (AvgIpc) is 3.01. The Bertz CT molecular complexity index is 786. The Morgan fingerprint density at radius 2 is 2.14 bits per heavy atom. The molecule has 0 atom stereocenters. The van der Waals surface area contributed by atoms with Crippen molar-refractivity contribution in [3.8, 4) is 0 Å². The SMILES string of the molecule is CCOC(=O)c1cc(/C=C2/C(=O)Nc3ccccc32)oc1C. The molecule has 3 rings (SSSR count). The van der Waals surface area contributed by atoms with Crippen LogP contribution < -0.4 is 5.32 Å². The highest BCUT2D eigenvalue weighted by atomic mass is 16.5. The Morgan fingerprint density at radius 3 is 2.91 bits per heavy atom. The molecule has 1 aliphatic rings. The minimum Gasteiger partial charge on any atom is -0.462 e. The van der Waals surface area contributed by atoms with Crippen LogP contribution in [0.3, 0.4) is 0 Å². The van der Waals surface area contributed by atoms with Gasteiger partial charge in [-0.3, -0.25) is 4.79 Å². The average molecular weight is 297 g/mol. The fourth-order valence-corrected chi connectivity index (χ4v) is 2.41. The van der Waals surface area contributed by atoms with Gasteiger partial charge in [0.1, 0.15) is 17.1 Å². The summed E-state index contributed by atoms with van der Waals surface area (Å²) < 4.78 is 10.5. The summed E-state index contributed by atoms with van der Waals surface area (Å²) in [6, 6.07) is 9.02. The predicted molar refractivity (Wildman–Crippen MR) is 82.3 cm³/mol. The molecule has 0 spiro atoms. The van der Waals surface area contributed by atoms with Gasteiger partial charge in [-0.1, -0.05) is 18.2 Å². The van der Waals surface area contributed by atoms with Gasteiger partial charge in [0, 0.05) is 11.3 Å². The Balaban J connectivity index is 1.98. The second-order valence-corrected chi connectivity index (χ2v) is 4.90. The zero-order valence-corrected chi connectivity index (χ0v) is 12.3. The molecule has 5 heteroatoms. The first-order valence-corrected chi connectivity index (χ1v) is 7.00. The number of esters is 1. The lowest BCUT2D eigenvalue weighted by atomic mass is 10.1. The number of carbonyl (C=O) groups excluding carboxylic acids is 2. The van der Waals surface area contributed by atoms with Crippen molar-refractivity contribution in [2.75, 3.05) is 11.9 Å². The highest BCUT2D eigenvalue weighted by Gasteiger charge is 2.24. The molecule has 112 valence electrons. The van der Waals surface area contributed by atoms with Gasteiger partial charge in [-0.2, -0.15) is 0 Å². The summed E-state index contributed by atoms with van der Waals surface area (Å²) in [6.07, 6.45) is 1.64. The monoisotopic (exact) mass is 297 g/mol. The standard InChI is InChI=1S/C17H15NO4/c1-3-21-17(20)13-8-11(22-10(13)2)9-14-12-6-4-5-7-15(12)18-16(14)19/h4-9H,3H2,1-2H3,(H,18,19)/b14-9+. The van der Waals surface area contributed by atoms with Crippen LogP contribution in [0, 0.1) is 6.92 Å². The summed E-state index contributed by atoms with van der Waals surface area (Å²) in [4.78, 5) is 23.8. The number of nitrogens with one attached hydrogen (secondary N) is 1. The van der Waals surface area contributed by atoms with Crippen LogP contribution in [0.15, 0.2) is 34.7 Å². The molecule has 5 nitrogen and oxygen atoms in total. The number of amides is 1. The molecule has 0 radical (unpaired) electrons. The Labute approximate surface area is 127 Å². The van der Waals surface area contributed by atoms with Crippen LogP contribution in [0.1, 0.15) is 34.4 Å². The molecular weight excluding hydrogens is 282 g/mol. The summed E-state index contributed by atoms with van der Waals surface area (Å²) in [5.74, 6) is 0.303. The number of furan rings is 1. The molecule has 0 bridgehead atoms. The van der Waals surface area contributed by atoms with E-state index in [1.54, 1.807) is 26.0 Å². The largest absolute Gasteiger partial charge is 0.462 e. The first-order chi connectivity index (χ1) is 10.6. The smallest absolute Gasteiger partial charge is 0.341 e.